The lowest BCUT2D eigenvalue weighted by Gasteiger charge is -2.03. The topological polar surface area (TPSA) is 35.5 Å². The van der Waals surface area contributed by atoms with Crippen LogP contribution in [0, 0.1) is 0 Å². The summed E-state index contributed by atoms with van der Waals surface area (Å²) in [5.74, 6) is 0.816. The Labute approximate surface area is 92.2 Å². The average Bonchev–Trinajstić information content (AvgIpc) is 2.49. The third-order valence-corrected chi connectivity index (χ3v) is 2.48. The van der Waals surface area contributed by atoms with Crippen molar-refractivity contribution in [2.75, 3.05) is 0 Å². The summed E-state index contributed by atoms with van der Waals surface area (Å²) in [7, 11) is 0. The maximum atomic E-state index is 12.2. The standard InChI is InChI=1S/C13H8O3/c14-13-9-5-1-3-7-11(9)15-16-12-8-4-2-6-10(12)13/h1-8H. The predicted octanol–water partition coefficient (Wildman–Crippen LogP) is 2.60. The molecule has 0 amide bonds. The van der Waals surface area contributed by atoms with Gasteiger partial charge in [-0.1, -0.05) is 24.3 Å². The SMILES string of the molecule is O=C1c2ccccc2OOc2ccccc21. The molecule has 78 valence electrons. The zero-order chi connectivity index (χ0) is 11.0. The van der Waals surface area contributed by atoms with Gasteiger partial charge in [-0.3, -0.25) is 14.6 Å². The van der Waals surface area contributed by atoms with Crippen molar-refractivity contribution in [1.29, 1.82) is 0 Å². The Morgan fingerprint density at radius 1 is 0.688 bits per heavy atom. The Balaban J connectivity index is 2.22. The van der Waals surface area contributed by atoms with E-state index in [1.807, 2.05) is 0 Å². The molecule has 0 spiro atoms. The van der Waals surface area contributed by atoms with Crippen LogP contribution in [0.25, 0.3) is 0 Å². The van der Waals surface area contributed by atoms with Gasteiger partial charge in [-0.15, -0.1) is 0 Å². The van der Waals surface area contributed by atoms with E-state index in [9.17, 15) is 4.79 Å². The fourth-order valence-electron chi connectivity index (χ4n) is 1.69. The van der Waals surface area contributed by atoms with Gasteiger partial charge in [0.2, 0.25) is 5.78 Å². The molecule has 1 heterocycles. The summed E-state index contributed by atoms with van der Waals surface area (Å²) in [6, 6.07) is 14.1. The molecule has 1 aliphatic rings. The molecular weight excluding hydrogens is 204 g/mol. The van der Waals surface area contributed by atoms with Gasteiger partial charge >= 0.3 is 0 Å². The van der Waals surface area contributed by atoms with E-state index in [1.165, 1.54) is 0 Å². The molecule has 3 nitrogen and oxygen atoms in total. The van der Waals surface area contributed by atoms with Crippen molar-refractivity contribution in [2.45, 2.75) is 0 Å². The molecule has 0 bridgehead atoms. The molecule has 1 aliphatic heterocycles. The van der Waals surface area contributed by atoms with E-state index in [-0.39, 0.29) is 5.78 Å². The van der Waals surface area contributed by atoms with E-state index in [1.54, 1.807) is 48.5 Å². The minimum absolute atomic E-state index is 0.0799. The van der Waals surface area contributed by atoms with Crippen LogP contribution in [-0.4, -0.2) is 5.78 Å². The number of benzene rings is 2. The van der Waals surface area contributed by atoms with Crippen molar-refractivity contribution in [3.05, 3.63) is 59.7 Å². The summed E-state index contributed by atoms with van der Waals surface area (Å²) >= 11 is 0. The molecule has 0 radical (unpaired) electrons. The van der Waals surface area contributed by atoms with Gasteiger partial charge in [-0.05, 0) is 24.3 Å². The lowest BCUT2D eigenvalue weighted by atomic mass is 10.0. The normalized spacial score (nSPS) is 12.9. The minimum Gasteiger partial charge on any atom is -0.289 e. The van der Waals surface area contributed by atoms with E-state index in [0.717, 1.165) is 0 Å². The summed E-state index contributed by atoms with van der Waals surface area (Å²) in [5, 5.41) is 0. The van der Waals surface area contributed by atoms with Crippen molar-refractivity contribution < 1.29 is 14.6 Å². The second kappa shape index (κ2) is 3.38. The van der Waals surface area contributed by atoms with Crippen LogP contribution in [0.4, 0.5) is 0 Å². The van der Waals surface area contributed by atoms with Crippen LogP contribution in [0.2, 0.25) is 0 Å². The number of para-hydroxylation sites is 2. The van der Waals surface area contributed by atoms with Crippen molar-refractivity contribution in [3.8, 4) is 11.5 Å². The van der Waals surface area contributed by atoms with Gasteiger partial charge in [0, 0.05) is 0 Å². The number of fused-ring (bicyclic) bond motifs is 2. The molecule has 2 aromatic carbocycles. The first-order valence-electron chi connectivity index (χ1n) is 4.93. The van der Waals surface area contributed by atoms with Gasteiger partial charge in [0.25, 0.3) is 0 Å². The Hall–Kier alpha value is -2.29. The third kappa shape index (κ3) is 1.26. The monoisotopic (exact) mass is 212 g/mol. The fraction of sp³-hybridized carbons (Fsp3) is 0. The molecule has 3 rings (SSSR count). The minimum atomic E-state index is -0.0799. The van der Waals surface area contributed by atoms with E-state index >= 15 is 0 Å². The van der Waals surface area contributed by atoms with Crippen LogP contribution in [0.5, 0.6) is 11.5 Å². The van der Waals surface area contributed by atoms with E-state index in [4.69, 9.17) is 9.78 Å². The zero-order valence-corrected chi connectivity index (χ0v) is 8.34. The number of hydrogen-bond acceptors (Lipinski definition) is 3. The molecule has 0 saturated carbocycles. The first-order chi connectivity index (χ1) is 7.86. The van der Waals surface area contributed by atoms with E-state index in [2.05, 4.69) is 0 Å². The van der Waals surface area contributed by atoms with Gasteiger partial charge in [0.05, 0.1) is 11.1 Å². The molecule has 0 unspecified atom stereocenters. The number of carbonyl (C=O) groups excluding carboxylic acids is 1. The molecule has 0 fully saturated rings. The van der Waals surface area contributed by atoms with Crippen molar-refractivity contribution in [3.63, 3.8) is 0 Å². The van der Waals surface area contributed by atoms with Gasteiger partial charge in [0.1, 0.15) is 0 Å². The Bertz CT molecular complexity index is 511. The summed E-state index contributed by atoms with van der Waals surface area (Å²) in [4.78, 5) is 22.4. The summed E-state index contributed by atoms with van der Waals surface area (Å²) in [6.45, 7) is 0. The fourth-order valence-corrected chi connectivity index (χ4v) is 1.69. The molecule has 2 aromatic rings. The van der Waals surface area contributed by atoms with Gasteiger partial charge in [-0.25, -0.2) is 0 Å². The molecule has 3 heteroatoms. The third-order valence-electron chi connectivity index (χ3n) is 2.48. The second-order valence-corrected chi connectivity index (χ2v) is 3.49. The number of ketones is 1. The number of rotatable bonds is 0. The van der Waals surface area contributed by atoms with Crippen molar-refractivity contribution in [2.24, 2.45) is 0 Å². The Morgan fingerprint density at radius 3 is 1.62 bits per heavy atom. The van der Waals surface area contributed by atoms with Crippen LogP contribution in [0.3, 0.4) is 0 Å². The Kier molecular flexibility index (Phi) is 1.90. The lowest BCUT2D eigenvalue weighted by Crippen LogP contribution is -1.99. The quantitative estimate of drug-likeness (QED) is 0.629. The first-order valence-corrected chi connectivity index (χ1v) is 4.93. The van der Waals surface area contributed by atoms with E-state index in [0.29, 0.717) is 22.6 Å². The number of hydrogen-bond donors (Lipinski definition) is 0. The molecule has 0 saturated heterocycles. The predicted molar refractivity (Wildman–Crippen MR) is 57.6 cm³/mol. The zero-order valence-electron chi connectivity index (χ0n) is 8.34. The van der Waals surface area contributed by atoms with Crippen LogP contribution in [0.15, 0.2) is 48.5 Å². The van der Waals surface area contributed by atoms with Gasteiger partial charge in [0.15, 0.2) is 11.5 Å². The van der Waals surface area contributed by atoms with Crippen LogP contribution in [-0.2, 0) is 0 Å². The highest BCUT2D eigenvalue weighted by Gasteiger charge is 2.22. The average molecular weight is 212 g/mol. The van der Waals surface area contributed by atoms with E-state index < -0.39 is 0 Å². The highest BCUT2D eigenvalue weighted by atomic mass is 17.2. The smallest absolute Gasteiger partial charge is 0.200 e. The maximum absolute atomic E-state index is 12.2. The lowest BCUT2D eigenvalue weighted by molar-refractivity contribution is -0.0992. The molecule has 0 N–H and O–H groups in total. The first kappa shape index (κ1) is 8.97. The molecular formula is C13H8O3. The van der Waals surface area contributed by atoms with Gasteiger partial charge in [-0.2, -0.15) is 0 Å². The van der Waals surface area contributed by atoms with Gasteiger partial charge < -0.3 is 0 Å². The maximum Gasteiger partial charge on any atom is 0.200 e. The number of carbonyl (C=O) groups is 1. The summed E-state index contributed by atoms with van der Waals surface area (Å²) in [6.07, 6.45) is 0. The molecule has 16 heavy (non-hydrogen) atoms. The van der Waals surface area contributed by atoms with Crippen LogP contribution < -0.4 is 9.78 Å². The van der Waals surface area contributed by atoms with Crippen molar-refractivity contribution >= 4 is 5.78 Å². The van der Waals surface area contributed by atoms with Crippen molar-refractivity contribution in [1.82, 2.24) is 0 Å². The molecule has 0 aliphatic carbocycles. The molecule has 0 aromatic heterocycles. The largest absolute Gasteiger partial charge is 0.289 e. The van der Waals surface area contributed by atoms with Crippen LogP contribution in [0.1, 0.15) is 15.9 Å². The second-order valence-electron chi connectivity index (χ2n) is 3.49. The summed E-state index contributed by atoms with van der Waals surface area (Å²) < 4.78 is 0. The Morgan fingerprint density at radius 2 is 1.12 bits per heavy atom. The van der Waals surface area contributed by atoms with Crippen LogP contribution >= 0.6 is 0 Å². The highest BCUT2D eigenvalue weighted by Crippen LogP contribution is 2.30. The molecule has 0 atom stereocenters. The highest BCUT2D eigenvalue weighted by molar-refractivity contribution is 6.12. The summed E-state index contributed by atoms with van der Waals surface area (Å²) in [5.41, 5.74) is 1.04.